The summed E-state index contributed by atoms with van der Waals surface area (Å²) < 4.78 is 35.7. The van der Waals surface area contributed by atoms with Crippen LogP contribution in [-0.2, 0) is 23.1 Å². The molecule has 2 aromatic carbocycles. The van der Waals surface area contributed by atoms with Crippen LogP contribution in [0.5, 0.6) is 5.75 Å². The van der Waals surface area contributed by atoms with Gasteiger partial charge in [0.25, 0.3) is 5.91 Å². The molecule has 1 aliphatic heterocycles. The zero-order valence-electron chi connectivity index (χ0n) is 20.4. The van der Waals surface area contributed by atoms with E-state index in [9.17, 15) is 13.2 Å². The van der Waals surface area contributed by atoms with E-state index < -0.39 is 10.0 Å². The first kappa shape index (κ1) is 24.9. The van der Waals surface area contributed by atoms with Gasteiger partial charge in [-0.05, 0) is 43.5 Å². The minimum atomic E-state index is -3.80. The lowest BCUT2D eigenvalue weighted by atomic mass is 10.1. The Morgan fingerprint density at radius 2 is 1.91 bits per heavy atom. The number of sulfonamides is 1. The number of hydrogen-bond donors (Lipinski definition) is 0. The molecule has 8 nitrogen and oxygen atoms in total. The lowest BCUT2D eigenvalue weighted by Gasteiger charge is -2.32. The number of amides is 1. The predicted octanol–water partition coefficient (Wildman–Crippen LogP) is 3.78. The highest BCUT2D eigenvalue weighted by molar-refractivity contribution is 7.89. The van der Waals surface area contributed by atoms with Crippen LogP contribution in [0.15, 0.2) is 65.8 Å². The lowest BCUT2D eigenvalue weighted by Crippen LogP contribution is -2.42. The van der Waals surface area contributed by atoms with E-state index in [4.69, 9.17) is 4.74 Å². The minimum absolute atomic E-state index is 0.0312. The molecular weight excluding hydrogens is 464 g/mol. The number of rotatable bonds is 8. The van der Waals surface area contributed by atoms with Crippen LogP contribution in [0.3, 0.4) is 0 Å². The summed E-state index contributed by atoms with van der Waals surface area (Å²) in [5.74, 6) is -0.0317. The van der Waals surface area contributed by atoms with Crippen LogP contribution in [0, 0.1) is 0 Å². The third kappa shape index (κ3) is 5.57. The Morgan fingerprint density at radius 1 is 1.14 bits per heavy atom. The quantitative estimate of drug-likeness (QED) is 0.474. The van der Waals surface area contributed by atoms with Crippen molar-refractivity contribution in [3.63, 3.8) is 0 Å². The topological polar surface area (TPSA) is 84.7 Å². The minimum Gasteiger partial charge on any atom is -0.495 e. The summed E-state index contributed by atoms with van der Waals surface area (Å²) in [7, 11) is -0.661. The Kier molecular flexibility index (Phi) is 7.57. The molecule has 9 heteroatoms. The van der Waals surface area contributed by atoms with Gasteiger partial charge in [-0.3, -0.25) is 9.48 Å². The number of aromatic nitrogens is 2. The highest BCUT2D eigenvalue weighted by Crippen LogP contribution is 2.32. The largest absolute Gasteiger partial charge is 0.495 e. The molecule has 0 radical (unpaired) electrons. The number of ether oxygens (including phenoxy) is 1. The van der Waals surface area contributed by atoms with Gasteiger partial charge in [0.05, 0.1) is 19.9 Å². The number of carbonyl (C=O) groups is 1. The Balaban J connectivity index is 1.51. The van der Waals surface area contributed by atoms with Crippen molar-refractivity contribution in [1.29, 1.82) is 0 Å². The maximum absolute atomic E-state index is 13.5. The molecule has 1 saturated heterocycles. The molecule has 1 atom stereocenters. The zero-order chi connectivity index (χ0) is 25.0. The number of hydrogen-bond acceptors (Lipinski definition) is 5. The van der Waals surface area contributed by atoms with Crippen molar-refractivity contribution < 1.29 is 17.9 Å². The van der Waals surface area contributed by atoms with E-state index in [0.717, 1.165) is 30.4 Å². The third-order valence-electron chi connectivity index (χ3n) is 6.38. The van der Waals surface area contributed by atoms with Crippen LogP contribution in [0.4, 0.5) is 0 Å². The van der Waals surface area contributed by atoms with E-state index in [1.165, 1.54) is 17.5 Å². The molecular formula is C26H32N4O4S. The molecule has 2 heterocycles. The van der Waals surface area contributed by atoms with Gasteiger partial charge in [0.2, 0.25) is 10.0 Å². The van der Waals surface area contributed by atoms with Gasteiger partial charge in [0.15, 0.2) is 0 Å². The smallest absolute Gasteiger partial charge is 0.253 e. The van der Waals surface area contributed by atoms with Gasteiger partial charge in [0.1, 0.15) is 10.6 Å². The molecule has 1 fully saturated rings. The molecule has 0 spiro atoms. The average molecular weight is 497 g/mol. The summed E-state index contributed by atoms with van der Waals surface area (Å²) in [6.07, 6.45) is 6.31. The molecule has 1 amide bonds. The van der Waals surface area contributed by atoms with Gasteiger partial charge in [-0.15, -0.1) is 0 Å². The highest BCUT2D eigenvalue weighted by Gasteiger charge is 2.33. The molecule has 0 bridgehead atoms. The summed E-state index contributed by atoms with van der Waals surface area (Å²) >= 11 is 0. The fourth-order valence-corrected chi connectivity index (χ4v) is 6.36. The first-order valence-corrected chi connectivity index (χ1v) is 13.2. The van der Waals surface area contributed by atoms with Crippen molar-refractivity contribution in [3.05, 3.63) is 77.6 Å². The second-order valence-corrected chi connectivity index (χ2v) is 10.9. The SMILES string of the molecule is COc1ccc(C(=O)N(C)Cc2cnn(Cc3ccccc3)c2)cc1S(=O)(=O)N1CCCCC1C. The standard InChI is InChI=1S/C26H32N4O4S/c1-20-9-7-8-14-30(20)35(32,33)25-15-23(12-13-24(25)34-3)26(31)28(2)17-22-16-27-29(19-22)18-21-10-5-4-6-11-21/h4-6,10-13,15-16,19-20H,7-9,14,17-18H2,1-3H3. The third-order valence-corrected chi connectivity index (χ3v) is 8.41. The van der Waals surface area contributed by atoms with Crippen molar-refractivity contribution in [1.82, 2.24) is 19.0 Å². The highest BCUT2D eigenvalue weighted by atomic mass is 32.2. The number of carbonyl (C=O) groups excluding carboxylic acids is 1. The second-order valence-electron chi connectivity index (χ2n) is 9.02. The monoisotopic (exact) mass is 496 g/mol. The van der Waals surface area contributed by atoms with Crippen LogP contribution in [0.25, 0.3) is 0 Å². The van der Waals surface area contributed by atoms with Gasteiger partial charge in [-0.25, -0.2) is 8.42 Å². The summed E-state index contributed by atoms with van der Waals surface area (Å²) in [6, 6.07) is 14.5. The first-order valence-electron chi connectivity index (χ1n) is 11.8. The molecule has 1 unspecified atom stereocenters. The van der Waals surface area contributed by atoms with Gasteiger partial charge >= 0.3 is 0 Å². The fraction of sp³-hybridized carbons (Fsp3) is 0.385. The van der Waals surface area contributed by atoms with Gasteiger partial charge < -0.3 is 9.64 Å². The van der Waals surface area contributed by atoms with Crippen molar-refractivity contribution in [2.24, 2.45) is 0 Å². The normalized spacial score (nSPS) is 16.7. The zero-order valence-corrected chi connectivity index (χ0v) is 21.2. The molecule has 0 N–H and O–H groups in total. The van der Waals surface area contributed by atoms with Crippen molar-refractivity contribution in [2.45, 2.75) is 50.2 Å². The summed E-state index contributed by atoms with van der Waals surface area (Å²) in [4.78, 5) is 14.8. The maximum atomic E-state index is 13.5. The second kappa shape index (κ2) is 10.6. The number of piperidine rings is 1. The Morgan fingerprint density at radius 3 is 2.63 bits per heavy atom. The predicted molar refractivity (Wildman–Crippen MR) is 134 cm³/mol. The lowest BCUT2D eigenvalue weighted by molar-refractivity contribution is 0.0784. The molecule has 3 aromatic rings. The summed E-state index contributed by atoms with van der Waals surface area (Å²) in [6.45, 7) is 3.39. The number of nitrogens with zero attached hydrogens (tertiary/aromatic N) is 4. The van der Waals surface area contributed by atoms with Crippen molar-refractivity contribution in [2.75, 3.05) is 20.7 Å². The summed E-state index contributed by atoms with van der Waals surface area (Å²) in [5, 5.41) is 4.40. The molecule has 0 saturated carbocycles. The van der Waals surface area contributed by atoms with Crippen LogP contribution >= 0.6 is 0 Å². The van der Waals surface area contributed by atoms with Crippen LogP contribution in [-0.4, -0.2) is 60.1 Å². The van der Waals surface area contributed by atoms with Crippen LogP contribution < -0.4 is 4.74 Å². The van der Waals surface area contributed by atoms with Crippen molar-refractivity contribution >= 4 is 15.9 Å². The Labute approximate surface area is 207 Å². The molecule has 0 aliphatic carbocycles. The van der Waals surface area contributed by atoms with Gasteiger partial charge in [-0.2, -0.15) is 9.40 Å². The Hall–Kier alpha value is -3.17. The average Bonchev–Trinajstić information content (AvgIpc) is 3.30. The van der Waals surface area contributed by atoms with E-state index in [1.807, 2.05) is 48.1 Å². The fourth-order valence-electron chi connectivity index (χ4n) is 4.48. The Bertz CT molecular complexity index is 1270. The molecule has 1 aromatic heterocycles. The van der Waals surface area contributed by atoms with E-state index in [2.05, 4.69) is 5.10 Å². The van der Waals surface area contributed by atoms with Crippen molar-refractivity contribution in [3.8, 4) is 5.75 Å². The van der Waals surface area contributed by atoms with E-state index >= 15 is 0 Å². The maximum Gasteiger partial charge on any atom is 0.253 e. The molecule has 35 heavy (non-hydrogen) atoms. The van der Waals surface area contributed by atoms with Gasteiger partial charge in [-0.1, -0.05) is 36.8 Å². The molecule has 4 rings (SSSR count). The van der Waals surface area contributed by atoms with Crippen LogP contribution in [0.1, 0.15) is 47.7 Å². The molecule has 1 aliphatic rings. The number of benzene rings is 2. The summed E-state index contributed by atoms with van der Waals surface area (Å²) in [5.41, 5.74) is 2.33. The van der Waals surface area contributed by atoms with E-state index in [1.54, 1.807) is 30.3 Å². The first-order chi connectivity index (χ1) is 16.8. The molecule has 186 valence electrons. The van der Waals surface area contributed by atoms with E-state index in [0.29, 0.717) is 25.2 Å². The van der Waals surface area contributed by atoms with Crippen LogP contribution in [0.2, 0.25) is 0 Å². The van der Waals surface area contributed by atoms with E-state index in [-0.39, 0.29) is 22.6 Å². The van der Waals surface area contributed by atoms with Gasteiger partial charge in [0, 0.05) is 43.5 Å². The number of methoxy groups -OCH3 is 1.